The van der Waals surface area contributed by atoms with Crippen LogP contribution in [0, 0.1) is 4.64 Å². The van der Waals surface area contributed by atoms with Crippen LogP contribution >= 0.6 is 39.5 Å². The molecule has 2 aromatic rings. The van der Waals surface area contributed by atoms with Crippen molar-refractivity contribution in [2.75, 3.05) is 6.61 Å². The first-order chi connectivity index (χ1) is 8.24. The Labute approximate surface area is 116 Å². The third kappa shape index (κ3) is 2.22. The average Bonchev–Trinajstić information content (AvgIpc) is 2.76. The number of rotatable bonds is 1. The van der Waals surface area contributed by atoms with Crippen molar-refractivity contribution in [2.45, 2.75) is 13.0 Å². The van der Waals surface area contributed by atoms with Gasteiger partial charge >= 0.3 is 0 Å². The van der Waals surface area contributed by atoms with E-state index < -0.39 is 0 Å². The number of thiophene rings is 1. The van der Waals surface area contributed by atoms with Gasteiger partial charge in [-0.3, -0.25) is 0 Å². The van der Waals surface area contributed by atoms with Gasteiger partial charge < -0.3 is 9.72 Å². The number of H-pyrrole nitrogens is 1. The number of fused-ring (bicyclic) bond motifs is 1. The SMILES string of the molecule is S=c1nc(-c2ccc(Br)s2)[nH]c2c1COCC2. The lowest BCUT2D eigenvalue weighted by Gasteiger charge is -2.16. The standard InChI is InChI=1S/C11H9BrN2OS2/c12-9-2-1-8(17-9)10-13-7-3-4-15-5-6(7)11(16)14-10/h1-2H,3-5H2,(H,13,14,16). The van der Waals surface area contributed by atoms with Gasteiger partial charge in [-0.1, -0.05) is 12.2 Å². The molecular weight excluding hydrogens is 320 g/mol. The summed E-state index contributed by atoms with van der Waals surface area (Å²) in [5.74, 6) is 0.853. The van der Waals surface area contributed by atoms with Crippen LogP contribution in [-0.2, 0) is 17.8 Å². The highest BCUT2D eigenvalue weighted by Crippen LogP contribution is 2.30. The molecule has 0 spiro atoms. The van der Waals surface area contributed by atoms with Crippen molar-refractivity contribution in [3.8, 4) is 10.7 Å². The molecule has 0 radical (unpaired) electrons. The first kappa shape index (κ1) is 11.5. The molecule has 2 aromatic heterocycles. The second-order valence-corrected chi connectivity index (χ2v) is 6.60. The van der Waals surface area contributed by atoms with Gasteiger partial charge in [0.25, 0.3) is 0 Å². The largest absolute Gasteiger partial charge is 0.376 e. The van der Waals surface area contributed by atoms with Crippen molar-refractivity contribution >= 4 is 39.5 Å². The summed E-state index contributed by atoms with van der Waals surface area (Å²) in [6.07, 6.45) is 0.876. The van der Waals surface area contributed by atoms with E-state index in [1.54, 1.807) is 11.3 Å². The van der Waals surface area contributed by atoms with Gasteiger partial charge in [-0.05, 0) is 28.1 Å². The van der Waals surface area contributed by atoms with Crippen LogP contribution in [0.2, 0.25) is 0 Å². The summed E-state index contributed by atoms with van der Waals surface area (Å²) in [6.45, 7) is 1.32. The molecule has 1 N–H and O–H groups in total. The Kier molecular flexibility index (Phi) is 3.12. The van der Waals surface area contributed by atoms with Crippen LogP contribution < -0.4 is 0 Å². The lowest BCUT2D eigenvalue weighted by atomic mass is 10.1. The summed E-state index contributed by atoms with van der Waals surface area (Å²) in [5.41, 5.74) is 2.20. The van der Waals surface area contributed by atoms with E-state index in [0.717, 1.165) is 38.8 Å². The summed E-state index contributed by atoms with van der Waals surface area (Å²) in [5, 5.41) is 0. The molecule has 0 atom stereocenters. The Bertz CT molecular complexity index is 620. The van der Waals surface area contributed by atoms with Crippen LogP contribution in [0.15, 0.2) is 15.9 Å². The van der Waals surface area contributed by atoms with Gasteiger partial charge in [0.15, 0.2) is 0 Å². The summed E-state index contributed by atoms with van der Waals surface area (Å²) < 4.78 is 7.14. The number of halogens is 1. The summed E-state index contributed by atoms with van der Waals surface area (Å²) >= 11 is 10.4. The number of ether oxygens (including phenoxy) is 1. The van der Waals surface area contributed by atoms with E-state index in [1.807, 2.05) is 12.1 Å². The summed E-state index contributed by atoms with van der Waals surface area (Å²) in [7, 11) is 0. The van der Waals surface area contributed by atoms with Gasteiger partial charge in [0.1, 0.15) is 10.5 Å². The van der Waals surface area contributed by atoms with Crippen LogP contribution in [0.4, 0.5) is 0 Å². The fraction of sp³-hybridized carbons (Fsp3) is 0.273. The van der Waals surface area contributed by atoms with E-state index in [4.69, 9.17) is 17.0 Å². The molecule has 0 aromatic carbocycles. The second-order valence-electron chi connectivity index (χ2n) is 3.75. The van der Waals surface area contributed by atoms with Crippen molar-refractivity contribution in [3.05, 3.63) is 31.8 Å². The number of aromatic nitrogens is 2. The molecule has 0 aliphatic carbocycles. The van der Waals surface area contributed by atoms with Crippen LogP contribution in [0.25, 0.3) is 10.7 Å². The van der Waals surface area contributed by atoms with E-state index in [2.05, 4.69) is 25.9 Å². The highest BCUT2D eigenvalue weighted by atomic mass is 79.9. The lowest BCUT2D eigenvalue weighted by Crippen LogP contribution is -2.13. The average molecular weight is 329 g/mol. The lowest BCUT2D eigenvalue weighted by molar-refractivity contribution is 0.108. The topological polar surface area (TPSA) is 37.9 Å². The van der Waals surface area contributed by atoms with Gasteiger partial charge in [-0.25, -0.2) is 4.98 Å². The number of nitrogens with zero attached hydrogens (tertiary/aromatic N) is 1. The minimum Gasteiger partial charge on any atom is -0.376 e. The molecule has 3 heterocycles. The first-order valence-electron chi connectivity index (χ1n) is 5.19. The molecule has 0 unspecified atom stereocenters. The van der Waals surface area contributed by atoms with E-state index >= 15 is 0 Å². The van der Waals surface area contributed by atoms with Gasteiger partial charge in [-0.2, -0.15) is 0 Å². The van der Waals surface area contributed by atoms with Crippen LogP contribution in [0.3, 0.4) is 0 Å². The van der Waals surface area contributed by atoms with Crippen LogP contribution in [-0.4, -0.2) is 16.6 Å². The van der Waals surface area contributed by atoms with Crippen molar-refractivity contribution in [1.82, 2.24) is 9.97 Å². The van der Waals surface area contributed by atoms with E-state index in [9.17, 15) is 0 Å². The fourth-order valence-electron chi connectivity index (χ4n) is 1.81. The Morgan fingerprint density at radius 1 is 1.47 bits per heavy atom. The van der Waals surface area contributed by atoms with Crippen molar-refractivity contribution in [3.63, 3.8) is 0 Å². The number of aromatic amines is 1. The minimum absolute atomic E-state index is 0.575. The molecule has 88 valence electrons. The monoisotopic (exact) mass is 328 g/mol. The number of hydrogen-bond acceptors (Lipinski definition) is 4. The van der Waals surface area contributed by atoms with Crippen molar-refractivity contribution < 1.29 is 4.74 Å². The first-order valence-corrected chi connectivity index (χ1v) is 7.21. The highest BCUT2D eigenvalue weighted by Gasteiger charge is 2.14. The quantitative estimate of drug-likeness (QED) is 0.811. The fourth-order valence-corrected chi connectivity index (χ4v) is 3.42. The molecule has 17 heavy (non-hydrogen) atoms. The Hall–Kier alpha value is -0.560. The van der Waals surface area contributed by atoms with Gasteiger partial charge in [0.2, 0.25) is 0 Å². The maximum atomic E-state index is 5.39. The van der Waals surface area contributed by atoms with Gasteiger partial charge in [0.05, 0.1) is 21.9 Å². The minimum atomic E-state index is 0.575. The van der Waals surface area contributed by atoms with E-state index in [0.29, 0.717) is 11.2 Å². The maximum Gasteiger partial charge on any atom is 0.149 e. The van der Waals surface area contributed by atoms with E-state index in [1.165, 1.54) is 0 Å². The molecule has 0 bridgehead atoms. The Morgan fingerprint density at radius 3 is 3.12 bits per heavy atom. The molecule has 0 fully saturated rings. The summed E-state index contributed by atoms with van der Waals surface area (Å²) in [6, 6.07) is 4.05. The molecule has 0 saturated heterocycles. The number of nitrogens with one attached hydrogen (secondary N) is 1. The maximum absolute atomic E-state index is 5.39. The van der Waals surface area contributed by atoms with Gasteiger partial charge in [-0.15, -0.1) is 11.3 Å². The van der Waals surface area contributed by atoms with Crippen LogP contribution in [0.1, 0.15) is 11.3 Å². The normalized spacial score (nSPS) is 14.6. The molecular formula is C11H9BrN2OS2. The number of hydrogen-bond donors (Lipinski definition) is 1. The molecule has 1 aliphatic rings. The predicted octanol–water partition coefficient (Wildman–Crippen LogP) is 3.70. The zero-order chi connectivity index (χ0) is 11.8. The van der Waals surface area contributed by atoms with E-state index in [-0.39, 0.29) is 0 Å². The molecule has 1 aliphatic heterocycles. The zero-order valence-electron chi connectivity index (χ0n) is 8.83. The Balaban J connectivity index is 2.13. The van der Waals surface area contributed by atoms with Gasteiger partial charge in [0, 0.05) is 17.7 Å². The van der Waals surface area contributed by atoms with Crippen molar-refractivity contribution in [2.24, 2.45) is 0 Å². The zero-order valence-corrected chi connectivity index (χ0v) is 12.0. The Morgan fingerprint density at radius 2 is 2.35 bits per heavy atom. The predicted molar refractivity (Wildman–Crippen MR) is 73.8 cm³/mol. The molecule has 3 nitrogen and oxygen atoms in total. The third-order valence-electron chi connectivity index (χ3n) is 2.65. The highest BCUT2D eigenvalue weighted by molar-refractivity contribution is 9.11. The second kappa shape index (κ2) is 4.61. The molecule has 0 amide bonds. The smallest absolute Gasteiger partial charge is 0.149 e. The van der Waals surface area contributed by atoms with Crippen molar-refractivity contribution in [1.29, 1.82) is 0 Å². The summed E-state index contributed by atoms with van der Waals surface area (Å²) in [4.78, 5) is 8.90. The molecule has 3 rings (SSSR count). The molecule has 6 heteroatoms. The van der Waals surface area contributed by atoms with Crippen LogP contribution in [0.5, 0.6) is 0 Å². The molecule has 0 saturated carbocycles. The third-order valence-corrected chi connectivity index (χ3v) is 4.62.